The number of azide groups is 1. The van der Waals surface area contributed by atoms with Gasteiger partial charge in [-0.15, -0.1) is 0 Å². The molecule has 43 heavy (non-hydrogen) atoms. The molecule has 3 N–H and O–H groups in total. The maximum absolute atomic E-state index is 14.4. The third-order valence-corrected chi connectivity index (χ3v) is 8.10. The van der Waals surface area contributed by atoms with Crippen LogP contribution in [-0.2, 0) is 16.0 Å². The maximum Gasteiger partial charge on any atom is 0.252 e. The van der Waals surface area contributed by atoms with Crippen molar-refractivity contribution in [3.63, 3.8) is 0 Å². The first-order valence-corrected chi connectivity index (χ1v) is 14.8. The quantitative estimate of drug-likeness (QED) is 0.108. The number of aliphatic hydroxyl groups is 2. The van der Waals surface area contributed by atoms with Gasteiger partial charge in [-0.2, -0.15) is 0 Å². The topological polar surface area (TPSA) is 149 Å². The molecule has 2 aliphatic rings. The molecule has 1 aliphatic heterocycles. The third-order valence-electron chi connectivity index (χ3n) is 8.10. The molecule has 1 amide bonds. The van der Waals surface area contributed by atoms with Crippen LogP contribution in [0.25, 0.3) is 10.4 Å². The van der Waals surface area contributed by atoms with Crippen LogP contribution in [0.5, 0.6) is 5.75 Å². The minimum Gasteiger partial charge on any atom is -0.494 e. The average Bonchev–Trinajstić information content (AvgIpc) is 3.43. The molecular weight excluding hydrogens is 546 g/mol. The van der Waals surface area contributed by atoms with Gasteiger partial charge in [0.25, 0.3) is 5.91 Å². The number of amides is 1. The van der Waals surface area contributed by atoms with Gasteiger partial charge in [0.05, 0.1) is 12.2 Å². The van der Waals surface area contributed by atoms with Gasteiger partial charge >= 0.3 is 0 Å². The second-order valence-electron chi connectivity index (χ2n) is 11.2. The van der Waals surface area contributed by atoms with Crippen molar-refractivity contribution in [3.05, 3.63) is 106 Å². The summed E-state index contributed by atoms with van der Waals surface area (Å²) in [6.45, 7) is 0.551. The molecule has 5 rings (SSSR count). The molecule has 0 bridgehead atoms. The van der Waals surface area contributed by atoms with Crippen molar-refractivity contribution in [2.75, 3.05) is 19.8 Å². The van der Waals surface area contributed by atoms with E-state index in [9.17, 15) is 15.4 Å². The lowest BCUT2D eigenvalue weighted by atomic mass is 9.80. The van der Waals surface area contributed by atoms with Crippen LogP contribution >= 0.6 is 0 Å². The molecular formula is C33H37N5O5. The van der Waals surface area contributed by atoms with Crippen LogP contribution in [0.2, 0.25) is 0 Å². The van der Waals surface area contributed by atoms with Gasteiger partial charge in [0.1, 0.15) is 5.75 Å². The molecule has 10 heteroatoms. The molecule has 3 aromatic rings. The highest BCUT2D eigenvalue weighted by molar-refractivity contribution is 6.01. The molecule has 0 unspecified atom stereocenters. The van der Waals surface area contributed by atoms with Crippen molar-refractivity contribution >= 4 is 17.5 Å². The number of ether oxygens (including phenoxy) is 2. The van der Waals surface area contributed by atoms with E-state index >= 15 is 0 Å². The molecule has 1 heterocycles. The van der Waals surface area contributed by atoms with E-state index < -0.39 is 17.2 Å². The lowest BCUT2D eigenvalue weighted by Gasteiger charge is -2.35. The van der Waals surface area contributed by atoms with Gasteiger partial charge in [0.15, 0.2) is 11.6 Å². The van der Waals surface area contributed by atoms with Gasteiger partial charge in [-0.3, -0.25) is 4.79 Å². The smallest absolute Gasteiger partial charge is 0.252 e. The van der Waals surface area contributed by atoms with E-state index in [2.05, 4.69) is 15.3 Å². The van der Waals surface area contributed by atoms with Gasteiger partial charge in [0, 0.05) is 42.2 Å². The number of hydrogen-bond donors (Lipinski definition) is 3. The zero-order valence-electron chi connectivity index (χ0n) is 24.1. The maximum atomic E-state index is 14.4. The van der Waals surface area contributed by atoms with Crippen LogP contribution in [0.1, 0.15) is 61.3 Å². The minimum atomic E-state index is -1.47. The average molecular weight is 584 g/mol. The standard InChI is InChI=1S/C33H37N5O5/c34-38-37-28-13-6-5-12-26(28)22-33(31(40)35-23-32(41)18-7-2-8-19-32)29(24-10-3-1-4-11-24)43-30(36-33)25-14-16-27(17-15-25)42-21-9-20-39/h1,3-6,10-17,29,39,41H,2,7-9,18-23H2,(H,35,40)/t29-,33-/m1/s1. The Labute approximate surface area is 251 Å². The highest BCUT2D eigenvalue weighted by Crippen LogP contribution is 2.44. The first-order valence-electron chi connectivity index (χ1n) is 14.8. The van der Waals surface area contributed by atoms with Crippen LogP contribution in [0.15, 0.2) is 89.0 Å². The Morgan fingerprint density at radius 2 is 1.77 bits per heavy atom. The zero-order chi connectivity index (χ0) is 30.1. The van der Waals surface area contributed by atoms with Crippen molar-refractivity contribution in [1.29, 1.82) is 0 Å². The number of carbonyl (C=O) groups excluding carboxylic acids is 1. The molecule has 0 radical (unpaired) electrons. The minimum absolute atomic E-state index is 0.0496. The van der Waals surface area contributed by atoms with E-state index in [1.165, 1.54) is 0 Å². The molecule has 0 aromatic heterocycles. The summed E-state index contributed by atoms with van der Waals surface area (Å²) in [7, 11) is 0. The van der Waals surface area contributed by atoms with Gasteiger partial charge < -0.3 is 25.0 Å². The van der Waals surface area contributed by atoms with Crippen molar-refractivity contribution in [3.8, 4) is 5.75 Å². The fourth-order valence-electron chi connectivity index (χ4n) is 5.79. The largest absolute Gasteiger partial charge is 0.494 e. The van der Waals surface area contributed by atoms with Crippen molar-refractivity contribution in [1.82, 2.24) is 5.32 Å². The number of nitrogens with zero attached hydrogens (tertiary/aromatic N) is 4. The number of aliphatic imine (C=N–C) groups is 1. The molecule has 0 saturated heterocycles. The van der Waals surface area contributed by atoms with Gasteiger partial charge in [-0.1, -0.05) is 79.0 Å². The lowest BCUT2D eigenvalue weighted by molar-refractivity contribution is -0.130. The highest BCUT2D eigenvalue weighted by atomic mass is 16.5. The predicted octanol–water partition coefficient (Wildman–Crippen LogP) is 5.70. The Morgan fingerprint density at radius 3 is 2.49 bits per heavy atom. The molecule has 1 saturated carbocycles. The van der Waals surface area contributed by atoms with E-state index in [1.54, 1.807) is 24.3 Å². The summed E-state index contributed by atoms with van der Waals surface area (Å²) in [4.78, 5) is 22.5. The first kappa shape index (κ1) is 30.1. The Bertz CT molecular complexity index is 1470. The summed E-state index contributed by atoms with van der Waals surface area (Å²) >= 11 is 0. The number of hydrogen-bond acceptors (Lipinski definition) is 7. The molecule has 0 spiro atoms. The summed E-state index contributed by atoms with van der Waals surface area (Å²) in [6.07, 6.45) is 3.96. The van der Waals surface area contributed by atoms with Crippen LogP contribution < -0.4 is 10.1 Å². The van der Waals surface area contributed by atoms with Crippen molar-refractivity contribution < 1.29 is 24.5 Å². The molecule has 1 fully saturated rings. The second-order valence-corrected chi connectivity index (χ2v) is 11.2. The lowest BCUT2D eigenvalue weighted by Crippen LogP contribution is -2.54. The second kappa shape index (κ2) is 13.7. The van der Waals surface area contributed by atoms with Crippen LogP contribution in [0.3, 0.4) is 0 Å². The monoisotopic (exact) mass is 583 g/mol. The van der Waals surface area contributed by atoms with Gasteiger partial charge in [-0.25, -0.2) is 4.99 Å². The summed E-state index contributed by atoms with van der Waals surface area (Å²) < 4.78 is 12.2. The Balaban J connectivity index is 1.56. The van der Waals surface area contributed by atoms with Crippen LogP contribution in [0.4, 0.5) is 5.69 Å². The third kappa shape index (κ3) is 7.00. The molecule has 224 valence electrons. The molecule has 1 aliphatic carbocycles. The van der Waals surface area contributed by atoms with Crippen LogP contribution in [-0.4, -0.2) is 52.9 Å². The van der Waals surface area contributed by atoms with Crippen LogP contribution in [0, 0.1) is 0 Å². The number of aliphatic hydroxyl groups excluding tert-OH is 1. The summed E-state index contributed by atoms with van der Waals surface area (Å²) in [5, 5.41) is 27.2. The Hall–Kier alpha value is -4.37. The number of carbonyl (C=O) groups is 1. The number of benzene rings is 3. The first-order chi connectivity index (χ1) is 21.0. The van der Waals surface area contributed by atoms with Gasteiger partial charge in [-0.05, 0) is 53.8 Å². The molecule has 2 atom stereocenters. The van der Waals surface area contributed by atoms with Gasteiger partial charge in [0.2, 0.25) is 5.90 Å². The van der Waals surface area contributed by atoms with E-state index in [0.29, 0.717) is 54.3 Å². The predicted molar refractivity (Wildman–Crippen MR) is 163 cm³/mol. The van der Waals surface area contributed by atoms with E-state index in [0.717, 1.165) is 24.8 Å². The Kier molecular flexibility index (Phi) is 9.61. The van der Waals surface area contributed by atoms with E-state index in [-0.39, 0.29) is 25.5 Å². The van der Waals surface area contributed by atoms with E-state index in [1.807, 2.05) is 54.6 Å². The highest BCUT2D eigenvalue weighted by Gasteiger charge is 2.53. The number of nitrogens with one attached hydrogen (secondary N) is 1. The zero-order valence-corrected chi connectivity index (χ0v) is 24.1. The number of rotatable bonds is 12. The summed E-state index contributed by atoms with van der Waals surface area (Å²) in [5.74, 6) is 0.557. The molecule has 10 nitrogen and oxygen atoms in total. The summed E-state index contributed by atoms with van der Waals surface area (Å²) in [5.41, 5.74) is 9.26. The van der Waals surface area contributed by atoms with Crippen molar-refractivity contribution in [2.45, 2.75) is 62.2 Å². The summed E-state index contributed by atoms with van der Waals surface area (Å²) in [6, 6.07) is 23.8. The normalized spacial score (nSPS) is 20.8. The fourth-order valence-corrected chi connectivity index (χ4v) is 5.79. The van der Waals surface area contributed by atoms with Crippen molar-refractivity contribution in [2.24, 2.45) is 10.1 Å². The fraction of sp³-hybridized carbons (Fsp3) is 0.394. The molecule has 3 aromatic carbocycles. The van der Waals surface area contributed by atoms with E-state index in [4.69, 9.17) is 19.6 Å². The SMILES string of the molecule is [N-]=[N+]=Nc1ccccc1C[C@@]1(C(=O)NCC2(O)CCCCC2)N=C(c2ccc(OCCCO)cc2)O[C@@H]1c1ccccc1. The Morgan fingerprint density at radius 1 is 1.05 bits per heavy atom.